The maximum Gasteiger partial charge on any atom is 0.191 e. The van der Waals surface area contributed by atoms with Gasteiger partial charge in [-0.2, -0.15) is 5.21 Å². The standard InChI is InChI=1S/C9H17N5/c1-6(8-11-13-14-12-8)10-7(2)9(3)4-5-9/h6-7,10H,4-5H2,1-3H3,(H,11,12,13,14). The summed E-state index contributed by atoms with van der Waals surface area (Å²) < 4.78 is 0. The molecule has 5 heteroatoms. The van der Waals surface area contributed by atoms with Crippen LogP contribution in [0.1, 0.15) is 45.5 Å². The molecule has 1 aliphatic rings. The Balaban J connectivity index is 1.91. The molecular formula is C9H17N5. The molecule has 5 nitrogen and oxygen atoms in total. The number of aromatic nitrogens is 4. The molecule has 0 amide bonds. The van der Waals surface area contributed by atoms with E-state index < -0.39 is 0 Å². The smallest absolute Gasteiger partial charge is 0.191 e. The van der Waals surface area contributed by atoms with Crippen LogP contribution in [0.25, 0.3) is 0 Å². The zero-order chi connectivity index (χ0) is 10.2. The minimum Gasteiger partial charge on any atom is -0.304 e. The number of hydrogen-bond donors (Lipinski definition) is 2. The predicted octanol–water partition coefficient (Wildman–Crippen LogP) is 1.04. The Labute approximate surface area is 83.7 Å². The second kappa shape index (κ2) is 3.31. The number of nitrogens with zero attached hydrogens (tertiary/aromatic N) is 3. The summed E-state index contributed by atoms with van der Waals surface area (Å²) in [7, 11) is 0. The van der Waals surface area contributed by atoms with E-state index in [-0.39, 0.29) is 6.04 Å². The van der Waals surface area contributed by atoms with Gasteiger partial charge in [-0.3, -0.25) is 0 Å². The molecule has 14 heavy (non-hydrogen) atoms. The molecule has 2 N–H and O–H groups in total. The van der Waals surface area contributed by atoms with E-state index in [9.17, 15) is 0 Å². The molecule has 0 bridgehead atoms. The normalized spacial score (nSPS) is 23.1. The highest BCUT2D eigenvalue weighted by molar-refractivity contribution is 4.99. The average molecular weight is 195 g/mol. The lowest BCUT2D eigenvalue weighted by atomic mass is 10.00. The number of tetrazole rings is 1. The second-order valence-corrected chi connectivity index (χ2v) is 4.53. The highest BCUT2D eigenvalue weighted by Gasteiger charge is 2.42. The van der Waals surface area contributed by atoms with E-state index in [1.54, 1.807) is 0 Å². The fourth-order valence-electron chi connectivity index (χ4n) is 1.63. The van der Waals surface area contributed by atoms with Crippen molar-refractivity contribution < 1.29 is 0 Å². The molecular weight excluding hydrogens is 178 g/mol. The molecule has 2 rings (SSSR count). The van der Waals surface area contributed by atoms with Crippen molar-refractivity contribution in [3.63, 3.8) is 0 Å². The van der Waals surface area contributed by atoms with Gasteiger partial charge in [-0.1, -0.05) is 12.1 Å². The first-order valence-corrected chi connectivity index (χ1v) is 5.11. The van der Waals surface area contributed by atoms with Crippen LogP contribution >= 0.6 is 0 Å². The quantitative estimate of drug-likeness (QED) is 0.753. The van der Waals surface area contributed by atoms with E-state index >= 15 is 0 Å². The van der Waals surface area contributed by atoms with Gasteiger partial charge in [-0.05, 0) is 32.1 Å². The van der Waals surface area contributed by atoms with E-state index in [1.807, 2.05) is 0 Å². The van der Waals surface area contributed by atoms with Gasteiger partial charge in [0, 0.05) is 6.04 Å². The van der Waals surface area contributed by atoms with Crippen LogP contribution in [0.5, 0.6) is 0 Å². The van der Waals surface area contributed by atoms with Gasteiger partial charge in [0.1, 0.15) is 0 Å². The summed E-state index contributed by atoms with van der Waals surface area (Å²) in [6.45, 7) is 6.60. The summed E-state index contributed by atoms with van der Waals surface area (Å²) in [5.41, 5.74) is 0.484. The van der Waals surface area contributed by atoms with Crippen LogP contribution in [-0.2, 0) is 0 Å². The molecule has 2 unspecified atom stereocenters. The van der Waals surface area contributed by atoms with Gasteiger partial charge in [-0.25, -0.2) is 0 Å². The van der Waals surface area contributed by atoms with E-state index in [1.165, 1.54) is 12.8 Å². The van der Waals surface area contributed by atoms with E-state index in [4.69, 9.17) is 0 Å². The lowest BCUT2D eigenvalue weighted by molar-refractivity contribution is 0.344. The summed E-state index contributed by atoms with van der Waals surface area (Å²) in [6.07, 6.45) is 2.64. The molecule has 1 aliphatic carbocycles. The van der Waals surface area contributed by atoms with Gasteiger partial charge in [0.15, 0.2) is 5.82 Å². The average Bonchev–Trinajstić information content (AvgIpc) is 2.71. The number of H-pyrrole nitrogens is 1. The van der Waals surface area contributed by atoms with Crippen LogP contribution in [0.2, 0.25) is 0 Å². The van der Waals surface area contributed by atoms with Gasteiger partial charge in [-0.15, -0.1) is 10.2 Å². The molecule has 1 aromatic heterocycles. The second-order valence-electron chi connectivity index (χ2n) is 4.53. The zero-order valence-electron chi connectivity index (χ0n) is 8.91. The van der Waals surface area contributed by atoms with Gasteiger partial charge >= 0.3 is 0 Å². The van der Waals surface area contributed by atoms with Crippen molar-refractivity contribution in [2.24, 2.45) is 5.41 Å². The Kier molecular flexibility index (Phi) is 2.26. The molecule has 0 aromatic carbocycles. The van der Waals surface area contributed by atoms with Crippen molar-refractivity contribution in [1.29, 1.82) is 0 Å². The molecule has 1 aromatic rings. The SMILES string of the molecule is CC(NC(C)C1(C)CC1)c1nn[nH]n1. The van der Waals surface area contributed by atoms with Crippen LogP contribution in [-0.4, -0.2) is 26.7 Å². The van der Waals surface area contributed by atoms with E-state index in [0.29, 0.717) is 11.5 Å². The minimum absolute atomic E-state index is 0.168. The molecule has 1 fully saturated rings. The number of nitrogens with one attached hydrogen (secondary N) is 2. The van der Waals surface area contributed by atoms with Gasteiger partial charge in [0.25, 0.3) is 0 Å². The van der Waals surface area contributed by atoms with Crippen molar-refractivity contribution in [3.8, 4) is 0 Å². The van der Waals surface area contributed by atoms with Crippen molar-refractivity contribution in [1.82, 2.24) is 25.9 Å². The first-order chi connectivity index (χ1) is 6.62. The Morgan fingerprint density at radius 3 is 2.64 bits per heavy atom. The predicted molar refractivity (Wildman–Crippen MR) is 52.5 cm³/mol. The molecule has 78 valence electrons. The molecule has 2 atom stereocenters. The van der Waals surface area contributed by atoms with Crippen LogP contribution in [0.4, 0.5) is 0 Å². The van der Waals surface area contributed by atoms with Crippen molar-refractivity contribution in [3.05, 3.63) is 5.82 Å². The minimum atomic E-state index is 0.168. The van der Waals surface area contributed by atoms with Crippen LogP contribution in [0, 0.1) is 5.41 Å². The van der Waals surface area contributed by atoms with Crippen LogP contribution in [0.15, 0.2) is 0 Å². The van der Waals surface area contributed by atoms with Crippen LogP contribution < -0.4 is 5.32 Å². The molecule has 1 heterocycles. The third kappa shape index (κ3) is 1.77. The Bertz CT molecular complexity index is 290. The monoisotopic (exact) mass is 195 g/mol. The number of hydrogen-bond acceptors (Lipinski definition) is 4. The molecule has 0 radical (unpaired) electrons. The molecule has 0 aliphatic heterocycles. The third-order valence-electron chi connectivity index (χ3n) is 3.33. The Morgan fingerprint density at radius 2 is 2.14 bits per heavy atom. The molecule has 0 saturated heterocycles. The highest BCUT2D eigenvalue weighted by Crippen LogP contribution is 2.48. The summed E-state index contributed by atoms with van der Waals surface area (Å²) in [6, 6.07) is 0.678. The maximum atomic E-state index is 3.96. The first-order valence-electron chi connectivity index (χ1n) is 5.11. The summed E-state index contributed by atoms with van der Waals surface area (Å²) >= 11 is 0. The van der Waals surface area contributed by atoms with Crippen LogP contribution in [0.3, 0.4) is 0 Å². The van der Waals surface area contributed by atoms with E-state index in [0.717, 1.165) is 5.82 Å². The van der Waals surface area contributed by atoms with Gasteiger partial charge < -0.3 is 5.32 Å². The topological polar surface area (TPSA) is 66.5 Å². The maximum absolute atomic E-state index is 3.96. The number of aromatic amines is 1. The largest absolute Gasteiger partial charge is 0.304 e. The summed E-state index contributed by atoms with van der Waals surface area (Å²) in [5.74, 6) is 0.737. The lowest BCUT2D eigenvalue weighted by Crippen LogP contribution is -2.35. The van der Waals surface area contributed by atoms with E-state index in [2.05, 4.69) is 46.7 Å². The zero-order valence-corrected chi connectivity index (χ0v) is 8.91. The molecule has 0 spiro atoms. The van der Waals surface area contributed by atoms with Crippen molar-refractivity contribution in [2.75, 3.05) is 0 Å². The summed E-state index contributed by atoms with van der Waals surface area (Å²) in [4.78, 5) is 0. The third-order valence-corrected chi connectivity index (χ3v) is 3.33. The first kappa shape index (κ1) is 9.58. The highest BCUT2D eigenvalue weighted by atomic mass is 15.5. The fourth-order valence-corrected chi connectivity index (χ4v) is 1.63. The van der Waals surface area contributed by atoms with Gasteiger partial charge in [0.2, 0.25) is 0 Å². The fraction of sp³-hybridized carbons (Fsp3) is 0.889. The van der Waals surface area contributed by atoms with Gasteiger partial charge in [0.05, 0.1) is 6.04 Å². The Hall–Kier alpha value is -0.970. The molecule has 1 saturated carbocycles. The lowest BCUT2D eigenvalue weighted by Gasteiger charge is -2.23. The van der Waals surface area contributed by atoms with Crippen molar-refractivity contribution >= 4 is 0 Å². The number of rotatable bonds is 4. The van der Waals surface area contributed by atoms with Crippen molar-refractivity contribution in [2.45, 2.75) is 45.7 Å². The Morgan fingerprint density at radius 1 is 1.43 bits per heavy atom. The summed E-state index contributed by atoms with van der Waals surface area (Å²) in [5, 5.41) is 17.4.